The number of hydrogen-bond acceptors (Lipinski definition) is 5. The monoisotopic (exact) mass is 483 g/mol. The molecule has 2 aromatic rings. The Bertz CT molecular complexity index is 1230. The molecular formula is C26H33N3O4S. The number of amides is 1. The lowest BCUT2D eigenvalue weighted by atomic mass is 9.52. The quantitative estimate of drug-likeness (QED) is 0.680. The Labute approximate surface area is 201 Å². The highest BCUT2D eigenvalue weighted by molar-refractivity contribution is 7.89. The number of fused-ring (bicyclic) bond motifs is 1. The molecule has 1 aliphatic heterocycles. The minimum absolute atomic E-state index is 0.0251. The van der Waals surface area contributed by atoms with Crippen LogP contribution in [0.4, 0.5) is 0 Å². The molecular weight excluding hydrogens is 450 g/mol. The van der Waals surface area contributed by atoms with E-state index in [0.717, 1.165) is 37.5 Å². The molecule has 7 rings (SSSR count). The highest BCUT2D eigenvalue weighted by atomic mass is 32.2. The summed E-state index contributed by atoms with van der Waals surface area (Å²) in [5, 5.41) is 15.0. The van der Waals surface area contributed by atoms with Crippen molar-refractivity contribution in [2.45, 2.75) is 80.4 Å². The fourth-order valence-corrected chi connectivity index (χ4v) is 9.89. The van der Waals surface area contributed by atoms with Crippen LogP contribution in [0, 0.1) is 17.8 Å². The molecule has 4 saturated carbocycles. The van der Waals surface area contributed by atoms with Crippen molar-refractivity contribution < 1.29 is 18.3 Å². The van der Waals surface area contributed by atoms with Crippen LogP contribution in [0.5, 0.6) is 0 Å². The lowest BCUT2D eigenvalue weighted by molar-refractivity contribution is -0.150. The number of rotatable bonds is 5. The number of nitrogens with one attached hydrogen (secondary N) is 1. The molecule has 5 fully saturated rings. The summed E-state index contributed by atoms with van der Waals surface area (Å²) in [6.45, 7) is 2.24. The molecule has 1 amide bonds. The first-order valence-corrected chi connectivity index (χ1v) is 14.1. The number of carbonyl (C=O) groups is 1. The van der Waals surface area contributed by atoms with E-state index in [4.69, 9.17) is 0 Å². The SMILES string of the molecule is CC[C@]1(C(=O)NC2[C@@H]3CC4C[C@H]2CC(O)(C4)C3)CCCN1S(=O)(=O)c1cccc2cccnc12. The van der Waals surface area contributed by atoms with Gasteiger partial charge in [0.15, 0.2) is 0 Å². The second-order valence-electron chi connectivity index (χ2n) is 11.1. The third-order valence-electron chi connectivity index (χ3n) is 9.14. The summed E-state index contributed by atoms with van der Waals surface area (Å²) in [7, 11) is -3.93. The minimum atomic E-state index is -3.93. The van der Waals surface area contributed by atoms with Crippen LogP contribution < -0.4 is 5.32 Å². The summed E-state index contributed by atoms with van der Waals surface area (Å²) in [5.41, 5.74) is -1.22. The highest BCUT2D eigenvalue weighted by Crippen LogP contribution is 2.56. The van der Waals surface area contributed by atoms with Gasteiger partial charge in [-0.05, 0) is 81.3 Å². The largest absolute Gasteiger partial charge is 0.390 e. The zero-order valence-electron chi connectivity index (χ0n) is 19.6. The van der Waals surface area contributed by atoms with Crippen LogP contribution in [0.25, 0.3) is 10.9 Å². The maximum atomic E-state index is 14.0. The maximum absolute atomic E-state index is 14.0. The van der Waals surface area contributed by atoms with Crippen molar-refractivity contribution in [3.63, 3.8) is 0 Å². The van der Waals surface area contributed by atoms with E-state index in [1.165, 1.54) is 4.31 Å². The van der Waals surface area contributed by atoms with Gasteiger partial charge in [0, 0.05) is 24.2 Å². The number of benzene rings is 1. The topological polar surface area (TPSA) is 99.6 Å². The molecule has 2 N–H and O–H groups in total. The van der Waals surface area contributed by atoms with Crippen LogP contribution in [0.2, 0.25) is 0 Å². The molecule has 8 heteroatoms. The number of sulfonamides is 1. The normalized spacial score (nSPS) is 37.4. The van der Waals surface area contributed by atoms with E-state index in [-0.39, 0.29) is 28.7 Å². The summed E-state index contributed by atoms with van der Waals surface area (Å²) in [5.74, 6) is 0.942. The van der Waals surface area contributed by atoms with Crippen LogP contribution in [-0.4, -0.2) is 52.4 Å². The molecule has 4 bridgehead atoms. The van der Waals surface area contributed by atoms with E-state index in [2.05, 4.69) is 10.3 Å². The minimum Gasteiger partial charge on any atom is -0.390 e. The van der Waals surface area contributed by atoms with Gasteiger partial charge in [-0.15, -0.1) is 0 Å². The van der Waals surface area contributed by atoms with Gasteiger partial charge in [-0.3, -0.25) is 9.78 Å². The smallest absolute Gasteiger partial charge is 0.246 e. The van der Waals surface area contributed by atoms with E-state index < -0.39 is 21.2 Å². The van der Waals surface area contributed by atoms with Crippen LogP contribution in [0.3, 0.4) is 0 Å². The molecule has 1 saturated heterocycles. The standard InChI is InChI=1S/C26H33N3O4S/c1-2-26(24(30)28-22-19-12-17-13-20(22)16-25(31,14-17)15-19)9-5-11-29(26)34(32,33)21-8-3-6-18-7-4-10-27-23(18)21/h3-4,6-8,10,17,19-20,22,31H,2,5,9,11-16H2,1H3,(H,28,30)/t17?,19-,20+,22?,25?,26-/m1/s1. The third-order valence-corrected chi connectivity index (χ3v) is 11.1. The van der Waals surface area contributed by atoms with E-state index >= 15 is 0 Å². The van der Waals surface area contributed by atoms with E-state index in [9.17, 15) is 18.3 Å². The molecule has 4 aliphatic carbocycles. The first-order valence-electron chi connectivity index (χ1n) is 12.7. The van der Waals surface area contributed by atoms with Gasteiger partial charge < -0.3 is 10.4 Å². The van der Waals surface area contributed by atoms with E-state index in [0.29, 0.717) is 37.2 Å². The Morgan fingerprint density at radius 3 is 2.62 bits per heavy atom. The molecule has 5 aliphatic rings. The molecule has 6 atom stereocenters. The van der Waals surface area contributed by atoms with Gasteiger partial charge in [0.2, 0.25) is 15.9 Å². The second kappa shape index (κ2) is 7.73. The van der Waals surface area contributed by atoms with Gasteiger partial charge >= 0.3 is 0 Å². The van der Waals surface area contributed by atoms with Crippen molar-refractivity contribution in [3.8, 4) is 0 Å². The number of para-hydroxylation sites is 1. The summed E-state index contributed by atoms with van der Waals surface area (Å²) >= 11 is 0. The fourth-order valence-electron chi connectivity index (χ4n) is 7.85. The lowest BCUT2D eigenvalue weighted by Crippen LogP contribution is -2.65. The lowest BCUT2D eigenvalue weighted by Gasteiger charge is -2.58. The fraction of sp³-hybridized carbons (Fsp3) is 0.615. The zero-order chi connectivity index (χ0) is 23.7. The first kappa shape index (κ1) is 22.4. The molecule has 0 radical (unpaired) electrons. The van der Waals surface area contributed by atoms with Gasteiger partial charge in [0.1, 0.15) is 10.4 Å². The summed E-state index contributed by atoms with van der Waals surface area (Å²) < 4.78 is 29.4. The maximum Gasteiger partial charge on any atom is 0.246 e. The van der Waals surface area contributed by atoms with Gasteiger partial charge in [-0.25, -0.2) is 8.42 Å². The number of aliphatic hydroxyl groups is 1. The number of aromatic nitrogens is 1. The number of carbonyl (C=O) groups excluding carboxylic acids is 1. The van der Waals surface area contributed by atoms with Crippen molar-refractivity contribution in [3.05, 3.63) is 36.5 Å². The Morgan fingerprint density at radius 1 is 1.18 bits per heavy atom. The van der Waals surface area contributed by atoms with Crippen LogP contribution in [0.1, 0.15) is 58.3 Å². The molecule has 1 aromatic heterocycles. The van der Waals surface area contributed by atoms with Gasteiger partial charge in [-0.1, -0.05) is 25.1 Å². The Hall–Kier alpha value is -2.03. The average Bonchev–Trinajstić information content (AvgIpc) is 3.26. The average molecular weight is 484 g/mol. The van der Waals surface area contributed by atoms with Gasteiger partial charge in [-0.2, -0.15) is 4.31 Å². The molecule has 182 valence electrons. The molecule has 34 heavy (non-hydrogen) atoms. The Balaban J connectivity index is 1.32. The van der Waals surface area contributed by atoms with Crippen LogP contribution in [-0.2, 0) is 14.8 Å². The summed E-state index contributed by atoms with van der Waals surface area (Å²) in [4.78, 5) is 18.4. The first-order chi connectivity index (χ1) is 16.3. The van der Waals surface area contributed by atoms with Crippen molar-refractivity contribution in [1.82, 2.24) is 14.6 Å². The summed E-state index contributed by atoms with van der Waals surface area (Å²) in [6.07, 6.45) is 7.67. The Kier molecular flexibility index (Phi) is 5.10. The van der Waals surface area contributed by atoms with Crippen molar-refractivity contribution in [2.75, 3.05) is 6.54 Å². The van der Waals surface area contributed by atoms with Gasteiger partial charge in [0.05, 0.1) is 11.1 Å². The van der Waals surface area contributed by atoms with Crippen molar-refractivity contribution in [1.29, 1.82) is 0 Å². The molecule has 2 heterocycles. The Morgan fingerprint density at radius 2 is 1.91 bits per heavy atom. The number of hydrogen-bond donors (Lipinski definition) is 2. The number of nitrogens with zero attached hydrogens (tertiary/aromatic N) is 2. The van der Waals surface area contributed by atoms with E-state index in [1.54, 1.807) is 24.4 Å². The predicted octanol–water partition coefficient (Wildman–Crippen LogP) is 3.22. The van der Waals surface area contributed by atoms with Crippen molar-refractivity contribution in [2.24, 2.45) is 17.8 Å². The van der Waals surface area contributed by atoms with Crippen LogP contribution >= 0.6 is 0 Å². The zero-order valence-corrected chi connectivity index (χ0v) is 20.4. The molecule has 3 unspecified atom stereocenters. The summed E-state index contributed by atoms with van der Waals surface area (Å²) in [6, 6.07) is 8.85. The third kappa shape index (κ3) is 3.25. The predicted molar refractivity (Wildman–Crippen MR) is 128 cm³/mol. The van der Waals surface area contributed by atoms with Gasteiger partial charge in [0.25, 0.3) is 0 Å². The molecule has 1 aromatic carbocycles. The highest BCUT2D eigenvalue weighted by Gasteiger charge is 2.57. The van der Waals surface area contributed by atoms with Crippen molar-refractivity contribution >= 4 is 26.8 Å². The molecule has 0 spiro atoms. The van der Waals surface area contributed by atoms with E-state index in [1.807, 2.05) is 19.1 Å². The van der Waals surface area contributed by atoms with Crippen LogP contribution in [0.15, 0.2) is 41.4 Å². The second-order valence-corrected chi connectivity index (χ2v) is 12.9. The number of pyridine rings is 1. The molecule has 7 nitrogen and oxygen atoms in total.